The Labute approximate surface area is 151 Å². The third-order valence-electron chi connectivity index (χ3n) is 4.02. The summed E-state index contributed by atoms with van der Waals surface area (Å²) >= 11 is 1.59. The van der Waals surface area contributed by atoms with Crippen molar-refractivity contribution in [2.24, 2.45) is 4.99 Å². The highest BCUT2D eigenvalue weighted by Gasteiger charge is 2.23. The van der Waals surface area contributed by atoms with Crippen molar-refractivity contribution in [2.45, 2.75) is 59.2 Å². The number of guanidine groups is 1. The van der Waals surface area contributed by atoms with Crippen LogP contribution in [0.15, 0.2) is 21.8 Å². The van der Waals surface area contributed by atoms with Crippen LogP contribution in [0.1, 0.15) is 47.1 Å². The molecular formula is C18H34N4OS. The van der Waals surface area contributed by atoms with Crippen molar-refractivity contribution in [2.75, 3.05) is 26.2 Å². The second kappa shape index (κ2) is 10.0. The zero-order valence-electron chi connectivity index (χ0n) is 16.0. The van der Waals surface area contributed by atoms with Gasteiger partial charge in [-0.05, 0) is 63.9 Å². The molecule has 0 saturated heterocycles. The minimum absolute atomic E-state index is 0.330. The third-order valence-corrected chi connectivity index (χ3v) is 4.70. The van der Waals surface area contributed by atoms with Gasteiger partial charge in [0.2, 0.25) is 0 Å². The Morgan fingerprint density at radius 2 is 1.96 bits per heavy atom. The molecule has 0 bridgehead atoms. The van der Waals surface area contributed by atoms with Gasteiger partial charge in [0.25, 0.3) is 0 Å². The quantitative estimate of drug-likeness (QED) is 0.471. The monoisotopic (exact) mass is 354 g/mol. The molecular weight excluding hydrogens is 320 g/mol. The Bertz CT molecular complexity index is 475. The lowest BCUT2D eigenvalue weighted by Gasteiger charge is -2.30. The van der Waals surface area contributed by atoms with E-state index in [-0.39, 0.29) is 0 Å². The van der Waals surface area contributed by atoms with Gasteiger partial charge in [-0.3, -0.25) is 4.90 Å². The lowest BCUT2D eigenvalue weighted by atomic mass is 10.00. The van der Waals surface area contributed by atoms with Crippen molar-refractivity contribution in [3.05, 3.63) is 22.4 Å². The summed E-state index contributed by atoms with van der Waals surface area (Å²) in [7, 11) is 0. The molecule has 0 aliphatic heterocycles. The minimum atomic E-state index is -0.940. The molecule has 1 aromatic rings. The normalized spacial score (nSPS) is 15.2. The van der Waals surface area contributed by atoms with Crippen molar-refractivity contribution in [1.29, 1.82) is 0 Å². The van der Waals surface area contributed by atoms with Gasteiger partial charge < -0.3 is 15.7 Å². The van der Waals surface area contributed by atoms with Gasteiger partial charge in [0.05, 0.1) is 6.54 Å². The largest absolute Gasteiger partial charge is 0.383 e. The summed E-state index contributed by atoms with van der Waals surface area (Å²) < 4.78 is 0. The molecule has 6 heteroatoms. The maximum absolute atomic E-state index is 10.6. The van der Waals surface area contributed by atoms with E-state index in [1.54, 1.807) is 18.3 Å². The molecule has 138 valence electrons. The van der Waals surface area contributed by atoms with Crippen LogP contribution in [0.5, 0.6) is 0 Å². The Morgan fingerprint density at radius 1 is 1.29 bits per heavy atom. The number of rotatable bonds is 9. The molecule has 3 N–H and O–H groups in total. The van der Waals surface area contributed by atoms with Crippen LogP contribution in [-0.4, -0.2) is 54.2 Å². The minimum Gasteiger partial charge on any atom is -0.383 e. The molecule has 0 radical (unpaired) electrons. The smallest absolute Gasteiger partial charge is 0.191 e. The predicted molar refractivity (Wildman–Crippen MR) is 105 cm³/mol. The van der Waals surface area contributed by atoms with Crippen LogP contribution in [0.25, 0.3) is 0 Å². The van der Waals surface area contributed by atoms with Gasteiger partial charge in [-0.25, -0.2) is 4.99 Å². The maximum Gasteiger partial charge on any atom is 0.191 e. The summed E-state index contributed by atoms with van der Waals surface area (Å²) in [6, 6.07) is 2.99. The van der Waals surface area contributed by atoms with E-state index >= 15 is 0 Å². The number of nitrogens with one attached hydrogen (secondary N) is 2. The average molecular weight is 355 g/mol. The first-order valence-electron chi connectivity index (χ1n) is 8.81. The number of aliphatic imine (C=N–C) groups is 1. The summed E-state index contributed by atoms with van der Waals surface area (Å²) in [4.78, 5) is 7.00. The molecule has 0 aromatic carbocycles. The second-order valence-corrected chi connectivity index (χ2v) is 7.61. The molecule has 5 nitrogen and oxygen atoms in total. The van der Waals surface area contributed by atoms with E-state index in [0.717, 1.165) is 31.2 Å². The molecule has 0 aliphatic rings. The first kappa shape index (κ1) is 20.9. The van der Waals surface area contributed by atoms with Gasteiger partial charge in [0.15, 0.2) is 5.96 Å². The molecule has 0 spiro atoms. The van der Waals surface area contributed by atoms with E-state index in [1.165, 1.54) is 0 Å². The molecule has 0 aliphatic carbocycles. The number of hydrogen-bond donors (Lipinski definition) is 3. The van der Waals surface area contributed by atoms with E-state index in [2.05, 4.69) is 48.2 Å². The van der Waals surface area contributed by atoms with Crippen molar-refractivity contribution >= 4 is 17.3 Å². The van der Waals surface area contributed by atoms with Gasteiger partial charge in [-0.1, -0.05) is 0 Å². The van der Waals surface area contributed by atoms with Crippen molar-refractivity contribution in [1.82, 2.24) is 15.5 Å². The molecule has 1 heterocycles. The fourth-order valence-corrected chi connectivity index (χ4v) is 3.44. The number of thiophene rings is 1. The highest BCUT2D eigenvalue weighted by atomic mass is 32.1. The molecule has 1 atom stereocenters. The molecule has 0 fully saturated rings. The van der Waals surface area contributed by atoms with Crippen LogP contribution >= 0.6 is 11.3 Å². The van der Waals surface area contributed by atoms with Crippen LogP contribution in [0.4, 0.5) is 0 Å². The number of hydrogen-bond acceptors (Lipinski definition) is 4. The van der Waals surface area contributed by atoms with Crippen molar-refractivity contribution < 1.29 is 5.11 Å². The van der Waals surface area contributed by atoms with E-state index in [9.17, 15) is 5.11 Å². The fraction of sp³-hybridized carbons (Fsp3) is 0.722. The second-order valence-electron chi connectivity index (χ2n) is 6.83. The third kappa shape index (κ3) is 6.79. The van der Waals surface area contributed by atoms with E-state index < -0.39 is 5.60 Å². The van der Waals surface area contributed by atoms with Crippen molar-refractivity contribution in [3.8, 4) is 0 Å². The Hall–Kier alpha value is -1.11. The van der Waals surface area contributed by atoms with Gasteiger partial charge >= 0.3 is 0 Å². The summed E-state index contributed by atoms with van der Waals surface area (Å²) in [6.45, 7) is 15.6. The van der Waals surface area contributed by atoms with E-state index in [0.29, 0.717) is 18.6 Å². The molecule has 0 amide bonds. The first-order valence-corrected chi connectivity index (χ1v) is 9.75. The lowest BCUT2D eigenvalue weighted by molar-refractivity contribution is 0.0677. The van der Waals surface area contributed by atoms with Crippen LogP contribution in [0.3, 0.4) is 0 Å². The van der Waals surface area contributed by atoms with Gasteiger partial charge in [0.1, 0.15) is 5.60 Å². The summed E-state index contributed by atoms with van der Waals surface area (Å²) in [5.74, 6) is 0.750. The van der Waals surface area contributed by atoms with E-state index in [4.69, 9.17) is 0 Å². The average Bonchev–Trinajstić information content (AvgIpc) is 3.03. The summed E-state index contributed by atoms with van der Waals surface area (Å²) in [5, 5.41) is 21.1. The number of aliphatic hydroxyl groups is 1. The first-order chi connectivity index (χ1) is 11.3. The standard InChI is InChI=1S/C18H34N4OS/c1-7-19-17(20-9-10-22(14(2)3)15(4)5)21-13-18(6,23)16-8-11-24-12-16/h8,11-12,14-15,23H,7,9-10,13H2,1-6H3,(H2,19,20,21). The summed E-state index contributed by atoms with van der Waals surface area (Å²) in [6.07, 6.45) is 0. The molecule has 24 heavy (non-hydrogen) atoms. The van der Waals surface area contributed by atoms with Gasteiger partial charge in [0, 0.05) is 31.7 Å². The highest BCUT2D eigenvalue weighted by molar-refractivity contribution is 7.08. The topological polar surface area (TPSA) is 59.9 Å². The zero-order valence-corrected chi connectivity index (χ0v) is 16.8. The Balaban J connectivity index is 2.60. The fourth-order valence-electron chi connectivity index (χ4n) is 2.65. The SMILES string of the molecule is CCNC(=NCC(C)(O)c1ccsc1)NCCN(C(C)C)C(C)C. The lowest BCUT2D eigenvalue weighted by Crippen LogP contribution is -2.45. The maximum atomic E-state index is 10.6. The van der Waals surface area contributed by atoms with Crippen LogP contribution in [0, 0.1) is 0 Å². The zero-order chi connectivity index (χ0) is 18.2. The van der Waals surface area contributed by atoms with Gasteiger partial charge in [-0.15, -0.1) is 0 Å². The molecule has 1 aromatic heterocycles. The highest BCUT2D eigenvalue weighted by Crippen LogP contribution is 2.23. The molecule has 0 saturated carbocycles. The van der Waals surface area contributed by atoms with Crippen molar-refractivity contribution in [3.63, 3.8) is 0 Å². The summed E-state index contributed by atoms with van der Waals surface area (Å²) in [5.41, 5.74) is -0.0255. The molecule has 1 rings (SSSR count). The predicted octanol–water partition coefficient (Wildman–Crippen LogP) is 2.63. The Morgan fingerprint density at radius 3 is 2.46 bits per heavy atom. The van der Waals surface area contributed by atoms with Gasteiger partial charge in [-0.2, -0.15) is 11.3 Å². The molecule has 1 unspecified atom stereocenters. The van der Waals surface area contributed by atoms with Crippen LogP contribution in [0.2, 0.25) is 0 Å². The van der Waals surface area contributed by atoms with E-state index in [1.807, 2.05) is 23.8 Å². The Kier molecular flexibility index (Phi) is 8.73. The van der Waals surface area contributed by atoms with Crippen LogP contribution < -0.4 is 10.6 Å². The number of nitrogens with zero attached hydrogens (tertiary/aromatic N) is 2. The van der Waals surface area contributed by atoms with Crippen LogP contribution in [-0.2, 0) is 5.60 Å².